The Morgan fingerprint density at radius 2 is 1.78 bits per heavy atom. The number of primary sulfonamides is 1. The van der Waals surface area contributed by atoms with Crippen LogP contribution in [-0.4, -0.2) is 15.0 Å². The molecule has 0 spiro atoms. The van der Waals surface area contributed by atoms with Crippen LogP contribution >= 0.6 is 0 Å². The molecule has 0 amide bonds. The Labute approximate surface area is 109 Å². The Balaban J connectivity index is 3.06. The van der Waals surface area contributed by atoms with Crippen LogP contribution in [0, 0.1) is 13.8 Å². The zero-order valence-electron chi connectivity index (χ0n) is 11.1. The molecule has 2 N–H and O–H groups in total. The maximum Gasteiger partial charge on any atom is 0.238 e. The van der Waals surface area contributed by atoms with Crippen molar-refractivity contribution in [3.8, 4) is 5.75 Å². The summed E-state index contributed by atoms with van der Waals surface area (Å²) >= 11 is 0. The van der Waals surface area contributed by atoms with Crippen molar-refractivity contribution in [2.24, 2.45) is 5.14 Å². The molecule has 0 saturated carbocycles. The number of allylic oxidation sites excluding steroid dienone is 1. The summed E-state index contributed by atoms with van der Waals surface area (Å²) in [6, 6.07) is 3.06. The Morgan fingerprint density at radius 3 is 2.17 bits per heavy atom. The maximum atomic E-state index is 11.3. The summed E-state index contributed by atoms with van der Waals surface area (Å²) in [6.45, 7) is 8.07. The van der Waals surface area contributed by atoms with E-state index in [4.69, 9.17) is 9.88 Å². The molecule has 0 saturated heterocycles. The molecule has 0 aliphatic rings. The van der Waals surface area contributed by atoms with E-state index in [1.807, 2.05) is 19.9 Å². The van der Waals surface area contributed by atoms with Gasteiger partial charge in [-0.3, -0.25) is 0 Å². The van der Waals surface area contributed by atoms with Gasteiger partial charge in [0.25, 0.3) is 0 Å². The van der Waals surface area contributed by atoms with Gasteiger partial charge in [-0.2, -0.15) is 0 Å². The lowest BCUT2D eigenvalue weighted by Gasteiger charge is -2.12. The molecule has 0 radical (unpaired) electrons. The van der Waals surface area contributed by atoms with Gasteiger partial charge in [-0.25, -0.2) is 13.6 Å². The van der Waals surface area contributed by atoms with Crippen LogP contribution in [0.25, 0.3) is 0 Å². The number of aryl methyl sites for hydroxylation is 2. The quantitative estimate of drug-likeness (QED) is 0.853. The summed E-state index contributed by atoms with van der Waals surface area (Å²) in [5, 5.41) is 5.11. The predicted molar refractivity (Wildman–Crippen MR) is 72.2 cm³/mol. The highest BCUT2D eigenvalue weighted by Gasteiger charge is 2.13. The fraction of sp³-hybridized carbons (Fsp3) is 0.385. The van der Waals surface area contributed by atoms with Gasteiger partial charge in [-0.05, 0) is 57.0 Å². The molecule has 0 heterocycles. The molecule has 0 fully saturated rings. The van der Waals surface area contributed by atoms with E-state index >= 15 is 0 Å². The van der Waals surface area contributed by atoms with E-state index in [-0.39, 0.29) is 4.90 Å². The lowest BCUT2D eigenvalue weighted by atomic mass is 10.1. The van der Waals surface area contributed by atoms with Crippen LogP contribution in [0.1, 0.15) is 25.0 Å². The van der Waals surface area contributed by atoms with Gasteiger partial charge in [0, 0.05) is 0 Å². The summed E-state index contributed by atoms with van der Waals surface area (Å²) in [6.07, 6.45) is 1.96. The van der Waals surface area contributed by atoms with Gasteiger partial charge in [-0.15, -0.1) is 0 Å². The van der Waals surface area contributed by atoms with Gasteiger partial charge < -0.3 is 4.74 Å². The molecule has 0 aromatic heterocycles. The van der Waals surface area contributed by atoms with Crippen LogP contribution in [-0.2, 0) is 10.0 Å². The van der Waals surface area contributed by atoms with Crippen LogP contribution in [0.5, 0.6) is 5.75 Å². The summed E-state index contributed by atoms with van der Waals surface area (Å²) in [5.41, 5.74) is 2.70. The van der Waals surface area contributed by atoms with Gasteiger partial charge in [0.05, 0.1) is 4.90 Å². The third-order valence-electron chi connectivity index (χ3n) is 2.48. The summed E-state index contributed by atoms with van der Waals surface area (Å²) in [5.74, 6) is 0.708. The summed E-state index contributed by atoms with van der Waals surface area (Å²) < 4.78 is 28.2. The third-order valence-corrected chi connectivity index (χ3v) is 3.37. The Kier molecular flexibility index (Phi) is 4.53. The second-order valence-electron chi connectivity index (χ2n) is 4.52. The first-order valence-electron chi connectivity index (χ1n) is 5.62. The molecule has 0 aliphatic carbocycles. The summed E-state index contributed by atoms with van der Waals surface area (Å²) in [7, 11) is -3.67. The molecule has 5 heteroatoms. The fourth-order valence-corrected chi connectivity index (χ4v) is 2.28. The average molecular weight is 269 g/mol. The standard InChI is InChI=1S/C13H19NO3S/c1-9(2)5-6-17-13-10(3)7-12(8-11(13)4)18(14,15)16/h5,7-8H,6H2,1-4H3,(H2,14,15,16). The van der Waals surface area contributed by atoms with Gasteiger partial charge in [0.15, 0.2) is 0 Å². The van der Waals surface area contributed by atoms with Crippen molar-refractivity contribution in [3.63, 3.8) is 0 Å². The van der Waals surface area contributed by atoms with E-state index in [9.17, 15) is 8.42 Å². The zero-order chi connectivity index (χ0) is 13.9. The molecular formula is C13H19NO3S. The largest absolute Gasteiger partial charge is 0.489 e. The first kappa shape index (κ1) is 14.7. The second-order valence-corrected chi connectivity index (χ2v) is 6.09. The number of nitrogens with two attached hydrogens (primary N) is 1. The van der Waals surface area contributed by atoms with Crippen molar-refractivity contribution in [2.75, 3.05) is 6.61 Å². The molecule has 0 unspecified atom stereocenters. The predicted octanol–water partition coefficient (Wildman–Crippen LogP) is 2.30. The molecular weight excluding hydrogens is 250 g/mol. The molecule has 1 aromatic carbocycles. The molecule has 1 aromatic rings. The van der Waals surface area contributed by atoms with Crippen molar-refractivity contribution in [2.45, 2.75) is 32.6 Å². The minimum atomic E-state index is -3.67. The Bertz CT molecular complexity index is 547. The smallest absolute Gasteiger partial charge is 0.238 e. The normalized spacial score (nSPS) is 11.2. The van der Waals surface area contributed by atoms with Crippen LogP contribution < -0.4 is 9.88 Å². The number of rotatable bonds is 4. The van der Waals surface area contributed by atoms with E-state index in [0.29, 0.717) is 12.4 Å². The van der Waals surface area contributed by atoms with Crippen molar-refractivity contribution in [1.29, 1.82) is 0 Å². The zero-order valence-corrected chi connectivity index (χ0v) is 12.0. The van der Waals surface area contributed by atoms with Crippen LogP contribution in [0.3, 0.4) is 0 Å². The molecule has 0 bridgehead atoms. The maximum absolute atomic E-state index is 11.3. The van der Waals surface area contributed by atoms with Gasteiger partial charge in [0.2, 0.25) is 10.0 Å². The van der Waals surface area contributed by atoms with Crippen LogP contribution in [0.15, 0.2) is 28.7 Å². The fourth-order valence-electron chi connectivity index (χ4n) is 1.59. The number of hydrogen-bond acceptors (Lipinski definition) is 3. The Hall–Kier alpha value is -1.33. The minimum Gasteiger partial charge on any atom is -0.489 e. The van der Waals surface area contributed by atoms with Crippen LogP contribution in [0.4, 0.5) is 0 Å². The molecule has 100 valence electrons. The highest BCUT2D eigenvalue weighted by molar-refractivity contribution is 7.89. The molecule has 0 aliphatic heterocycles. The minimum absolute atomic E-state index is 0.118. The SMILES string of the molecule is CC(C)=CCOc1c(C)cc(S(N)(=O)=O)cc1C. The van der Waals surface area contributed by atoms with Crippen molar-refractivity contribution in [3.05, 3.63) is 34.9 Å². The molecule has 18 heavy (non-hydrogen) atoms. The van der Waals surface area contributed by atoms with E-state index < -0.39 is 10.0 Å². The molecule has 1 rings (SSSR count). The van der Waals surface area contributed by atoms with Crippen molar-refractivity contribution >= 4 is 10.0 Å². The van der Waals surface area contributed by atoms with Crippen molar-refractivity contribution in [1.82, 2.24) is 0 Å². The number of hydrogen-bond donors (Lipinski definition) is 1. The monoisotopic (exact) mass is 269 g/mol. The van der Waals surface area contributed by atoms with E-state index in [0.717, 1.165) is 11.1 Å². The molecule has 0 atom stereocenters. The third kappa shape index (κ3) is 3.85. The van der Waals surface area contributed by atoms with Gasteiger partial charge >= 0.3 is 0 Å². The lowest BCUT2D eigenvalue weighted by Crippen LogP contribution is -2.13. The number of sulfonamides is 1. The number of ether oxygens (including phenoxy) is 1. The average Bonchev–Trinajstić information content (AvgIpc) is 2.20. The highest BCUT2D eigenvalue weighted by Crippen LogP contribution is 2.26. The van der Waals surface area contributed by atoms with E-state index in [1.54, 1.807) is 13.8 Å². The second kappa shape index (κ2) is 5.54. The van der Waals surface area contributed by atoms with Crippen molar-refractivity contribution < 1.29 is 13.2 Å². The van der Waals surface area contributed by atoms with E-state index in [2.05, 4.69) is 0 Å². The topological polar surface area (TPSA) is 69.4 Å². The number of benzene rings is 1. The Morgan fingerprint density at radius 1 is 1.28 bits per heavy atom. The first-order chi connectivity index (χ1) is 8.21. The summed E-state index contributed by atoms with van der Waals surface area (Å²) in [4.78, 5) is 0.118. The van der Waals surface area contributed by atoms with Gasteiger partial charge in [-0.1, -0.05) is 5.57 Å². The van der Waals surface area contributed by atoms with Gasteiger partial charge in [0.1, 0.15) is 12.4 Å². The van der Waals surface area contributed by atoms with E-state index in [1.165, 1.54) is 17.7 Å². The first-order valence-corrected chi connectivity index (χ1v) is 7.16. The van der Waals surface area contributed by atoms with Crippen LogP contribution in [0.2, 0.25) is 0 Å². The highest BCUT2D eigenvalue weighted by atomic mass is 32.2. The molecule has 4 nitrogen and oxygen atoms in total. The lowest BCUT2D eigenvalue weighted by molar-refractivity contribution is 0.356.